The molecule has 2 heteroatoms. The van der Waals surface area contributed by atoms with Crippen LogP contribution in [-0.2, 0) is 0 Å². The molecule has 0 radical (unpaired) electrons. The lowest BCUT2D eigenvalue weighted by molar-refractivity contribution is 0.627. The number of hydrogen-bond acceptors (Lipinski definition) is 0. The van der Waals surface area contributed by atoms with Crippen molar-refractivity contribution >= 4 is 0 Å². The average molecular weight is 418 g/mol. The van der Waals surface area contributed by atoms with Crippen molar-refractivity contribution in [2.45, 2.75) is 0 Å². The highest BCUT2D eigenvalue weighted by Crippen LogP contribution is 2.29. The Morgan fingerprint density at radius 3 is 0.500 bits per heavy atom. The largest absolute Gasteiger partial charge is 0.207 e. The van der Waals surface area contributed by atoms with Crippen LogP contribution < -0.4 is 0 Å². The molecule has 0 fully saturated rings. The molecule has 0 N–H and O–H groups in total. The molecule has 0 saturated carbocycles. The second kappa shape index (κ2) is 8.60. The van der Waals surface area contributed by atoms with Crippen LogP contribution in [0.15, 0.2) is 121 Å². The van der Waals surface area contributed by atoms with Gasteiger partial charge in [0.25, 0.3) is 0 Å². The molecule has 0 unspecified atom stereocenters. The summed E-state index contributed by atoms with van der Waals surface area (Å²) in [4.78, 5) is 0. The number of benzene rings is 5. The molecule has 0 aromatic heterocycles. The molecule has 0 amide bonds. The zero-order chi connectivity index (χ0) is 21.9. The zero-order valence-electron chi connectivity index (χ0n) is 17.3. The maximum atomic E-state index is 13.1. The standard InChI is InChI=1S/C30H20F2/c31-29-17-13-27(14-18-29)25-9-5-23(6-10-25)21-1-2-22(4-3-21)24-7-11-26(12-8-24)28-15-19-30(32)20-16-28/h1-20H. The van der Waals surface area contributed by atoms with Gasteiger partial charge in [0, 0.05) is 0 Å². The fourth-order valence-corrected chi connectivity index (χ4v) is 3.85. The minimum atomic E-state index is -0.226. The molecule has 0 bridgehead atoms. The third kappa shape index (κ3) is 4.21. The first-order chi connectivity index (χ1) is 15.7. The van der Waals surface area contributed by atoms with Gasteiger partial charge in [0.15, 0.2) is 0 Å². The molecule has 0 aliphatic rings. The van der Waals surface area contributed by atoms with E-state index in [0.29, 0.717) is 0 Å². The van der Waals surface area contributed by atoms with Crippen molar-refractivity contribution in [3.05, 3.63) is 133 Å². The van der Waals surface area contributed by atoms with Crippen molar-refractivity contribution in [2.75, 3.05) is 0 Å². The molecular formula is C30H20F2. The van der Waals surface area contributed by atoms with Gasteiger partial charge in [0.05, 0.1) is 0 Å². The summed E-state index contributed by atoms with van der Waals surface area (Å²) in [5, 5.41) is 0. The number of halogens is 2. The molecule has 0 aliphatic carbocycles. The predicted molar refractivity (Wildman–Crippen MR) is 128 cm³/mol. The van der Waals surface area contributed by atoms with Crippen LogP contribution in [0, 0.1) is 11.6 Å². The van der Waals surface area contributed by atoms with Gasteiger partial charge in [-0.25, -0.2) is 8.78 Å². The van der Waals surface area contributed by atoms with E-state index in [0.717, 1.165) is 44.5 Å². The van der Waals surface area contributed by atoms with Gasteiger partial charge in [-0.15, -0.1) is 0 Å². The summed E-state index contributed by atoms with van der Waals surface area (Å²) >= 11 is 0. The molecule has 0 nitrogen and oxygen atoms in total. The van der Waals surface area contributed by atoms with Gasteiger partial charge in [0.2, 0.25) is 0 Å². The second-order valence-electron chi connectivity index (χ2n) is 7.75. The SMILES string of the molecule is Fc1ccc(-c2ccc(-c3ccc(-c4ccc(-c5ccc(F)cc5)cc4)cc3)cc2)cc1. The number of hydrogen-bond donors (Lipinski definition) is 0. The molecule has 0 heterocycles. The third-order valence-electron chi connectivity index (χ3n) is 5.68. The highest BCUT2D eigenvalue weighted by atomic mass is 19.1. The van der Waals surface area contributed by atoms with Crippen LogP contribution in [0.5, 0.6) is 0 Å². The first-order valence-corrected chi connectivity index (χ1v) is 10.5. The first-order valence-electron chi connectivity index (χ1n) is 10.5. The molecule has 0 saturated heterocycles. The summed E-state index contributed by atoms with van der Waals surface area (Å²) < 4.78 is 26.3. The summed E-state index contributed by atoms with van der Waals surface area (Å²) in [5.74, 6) is -0.453. The lowest BCUT2D eigenvalue weighted by Crippen LogP contribution is -1.83. The second-order valence-corrected chi connectivity index (χ2v) is 7.75. The highest BCUT2D eigenvalue weighted by Gasteiger charge is 2.04. The van der Waals surface area contributed by atoms with Gasteiger partial charge in [-0.3, -0.25) is 0 Å². The molecule has 154 valence electrons. The van der Waals surface area contributed by atoms with Crippen molar-refractivity contribution in [1.29, 1.82) is 0 Å². The summed E-state index contributed by atoms with van der Waals surface area (Å²) in [6.45, 7) is 0. The normalized spacial score (nSPS) is 10.8. The smallest absolute Gasteiger partial charge is 0.123 e. The lowest BCUT2D eigenvalue weighted by atomic mass is 9.97. The van der Waals surface area contributed by atoms with E-state index in [1.165, 1.54) is 24.3 Å². The van der Waals surface area contributed by atoms with E-state index in [9.17, 15) is 8.78 Å². The lowest BCUT2D eigenvalue weighted by Gasteiger charge is -2.08. The van der Waals surface area contributed by atoms with Crippen LogP contribution in [0.3, 0.4) is 0 Å². The topological polar surface area (TPSA) is 0 Å². The van der Waals surface area contributed by atoms with E-state index in [4.69, 9.17) is 0 Å². The van der Waals surface area contributed by atoms with Gasteiger partial charge in [-0.1, -0.05) is 97.1 Å². The fraction of sp³-hybridized carbons (Fsp3) is 0. The summed E-state index contributed by atoms with van der Waals surface area (Å²) in [6.07, 6.45) is 0. The van der Waals surface area contributed by atoms with Crippen LogP contribution in [0.1, 0.15) is 0 Å². The van der Waals surface area contributed by atoms with Crippen LogP contribution in [-0.4, -0.2) is 0 Å². The predicted octanol–water partition coefficient (Wildman–Crippen LogP) is 8.63. The molecule has 5 aromatic rings. The van der Waals surface area contributed by atoms with E-state index >= 15 is 0 Å². The van der Waals surface area contributed by atoms with E-state index in [1.807, 2.05) is 0 Å². The van der Waals surface area contributed by atoms with E-state index < -0.39 is 0 Å². The highest BCUT2D eigenvalue weighted by molar-refractivity contribution is 5.74. The van der Waals surface area contributed by atoms with E-state index in [1.54, 1.807) is 24.3 Å². The third-order valence-corrected chi connectivity index (χ3v) is 5.68. The molecule has 0 spiro atoms. The van der Waals surface area contributed by atoms with E-state index in [-0.39, 0.29) is 11.6 Å². The van der Waals surface area contributed by atoms with Crippen molar-refractivity contribution in [1.82, 2.24) is 0 Å². The molecule has 0 atom stereocenters. The van der Waals surface area contributed by atoms with Crippen molar-refractivity contribution < 1.29 is 8.78 Å². The molecule has 32 heavy (non-hydrogen) atoms. The van der Waals surface area contributed by atoms with E-state index in [2.05, 4.69) is 72.8 Å². The van der Waals surface area contributed by atoms with Crippen LogP contribution in [0.2, 0.25) is 0 Å². The Bertz CT molecular complexity index is 1210. The summed E-state index contributed by atoms with van der Waals surface area (Å²) in [6, 6.07) is 38.2. The zero-order valence-corrected chi connectivity index (χ0v) is 17.3. The number of rotatable bonds is 4. The van der Waals surface area contributed by atoms with Gasteiger partial charge in [-0.05, 0) is 68.8 Å². The minimum Gasteiger partial charge on any atom is -0.207 e. The van der Waals surface area contributed by atoms with Crippen molar-refractivity contribution in [3.8, 4) is 44.5 Å². The summed E-state index contributed by atoms with van der Waals surface area (Å²) in [7, 11) is 0. The van der Waals surface area contributed by atoms with Gasteiger partial charge < -0.3 is 0 Å². The average Bonchev–Trinajstić information content (AvgIpc) is 2.85. The minimum absolute atomic E-state index is 0.226. The Morgan fingerprint density at radius 1 is 0.219 bits per heavy atom. The summed E-state index contributed by atoms with van der Waals surface area (Å²) in [5.41, 5.74) is 8.67. The molecule has 0 aliphatic heterocycles. The van der Waals surface area contributed by atoms with Crippen LogP contribution in [0.4, 0.5) is 8.78 Å². The first kappa shape index (κ1) is 19.9. The molecular weight excluding hydrogens is 398 g/mol. The van der Waals surface area contributed by atoms with Gasteiger partial charge >= 0.3 is 0 Å². The Kier molecular flexibility index (Phi) is 5.35. The quantitative estimate of drug-likeness (QED) is 0.274. The fourth-order valence-electron chi connectivity index (χ4n) is 3.85. The Hall–Kier alpha value is -4.04. The Balaban J connectivity index is 1.33. The van der Waals surface area contributed by atoms with Crippen molar-refractivity contribution in [3.63, 3.8) is 0 Å². The molecule has 5 aromatic carbocycles. The molecule has 5 rings (SSSR count). The van der Waals surface area contributed by atoms with Crippen molar-refractivity contribution in [2.24, 2.45) is 0 Å². The van der Waals surface area contributed by atoms with Gasteiger partial charge in [0.1, 0.15) is 11.6 Å². The maximum Gasteiger partial charge on any atom is 0.123 e. The Morgan fingerprint density at radius 2 is 0.344 bits per heavy atom. The maximum absolute atomic E-state index is 13.1. The Labute approximate surface area is 186 Å². The van der Waals surface area contributed by atoms with Gasteiger partial charge in [-0.2, -0.15) is 0 Å². The monoisotopic (exact) mass is 418 g/mol. The van der Waals surface area contributed by atoms with Crippen LogP contribution in [0.25, 0.3) is 44.5 Å². The van der Waals surface area contributed by atoms with Crippen LogP contribution >= 0.6 is 0 Å².